The van der Waals surface area contributed by atoms with Crippen LogP contribution in [-0.2, 0) is 0 Å². The molecule has 0 aliphatic rings. The van der Waals surface area contributed by atoms with Crippen LogP contribution >= 0.6 is 15.9 Å². The van der Waals surface area contributed by atoms with E-state index in [2.05, 4.69) is 55.2 Å². The summed E-state index contributed by atoms with van der Waals surface area (Å²) in [6.07, 6.45) is 3.19. The monoisotopic (exact) mass is 337 g/mol. The Kier molecular flexibility index (Phi) is 4.73. The Morgan fingerprint density at radius 1 is 1.35 bits per heavy atom. The minimum Gasteiger partial charge on any atom is -0.357 e. The zero-order chi connectivity index (χ0) is 14.5. The maximum atomic E-state index is 12.0. The van der Waals surface area contributed by atoms with Crippen molar-refractivity contribution in [3.8, 4) is 0 Å². The lowest BCUT2D eigenvalue weighted by Gasteiger charge is -2.19. The maximum absolute atomic E-state index is 12.0. The number of aromatic amines is 1. The van der Waals surface area contributed by atoms with Crippen molar-refractivity contribution in [2.75, 3.05) is 23.3 Å². The van der Waals surface area contributed by atoms with E-state index in [9.17, 15) is 4.79 Å². The van der Waals surface area contributed by atoms with E-state index in [1.54, 1.807) is 6.20 Å². The fourth-order valence-electron chi connectivity index (χ4n) is 1.82. The molecule has 2 aromatic heterocycles. The molecule has 2 rings (SSSR count). The molecule has 0 radical (unpaired) electrons. The number of halogens is 1. The smallest absolute Gasteiger partial charge is 0.274 e. The van der Waals surface area contributed by atoms with E-state index in [1.807, 2.05) is 12.1 Å². The summed E-state index contributed by atoms with van der Waals surface area (Å²) in [5.41, 5.74) is 1.03. The van der Waals surface area contributed by atoms with Gasteiger partial charge in [-0.15, -0.1) is 0 Å². The third-order valence-electron chi connectivity index (χ3n) is 2.91. The van der Waals surface area contributed by atoms with Crippen molar-refractivity contribution in [1.29, 1.82) is 0 Å². The third-order valence-corrected chi connectivity index (χ3v) is 3.51. The number of carbonyl (C=O) groups excluding carboxylic acids is 1. The fraction of sp³-hybridized carbons (Fsp3) is 0.308. The second kappa shape index (κ2) is 6.51. The van der Waals surface area contributed by atoms with Crippen LogP contribution in [0.4, 0.5) is 11.5 Å². The number of anilines is 2. The van der Waals surface area contributed by atoms with E-state index < -0.39 is 0 Å². The number of rotatable bonds is 5. The summed E-state index contributed by atoms with van der Waals surface area (Å²) in [6.45, 7) is 5.96. The molecule has 0 bridgehead atoms. The molecular formula is C13H16BrN5O. The second-order valence-corrected chi connectivity index (χ2v) is 4.98. The summed E-state index contributed by atoms with van der Waals surface area (Å²) < 4.78 is 0.628. The molecule has 0 aliphatic carbocycles. The standard InChI is InChI=1S/C13H16BrN5O/c1-3-19(4-2)11-6-5-9(7-15-11)17-13(20)12-10(14)8-16-18-12/h5-8H,3-4H2,1-2H3,(H,16,18)(H,17,20). The van der Waals surface area contributed by atoms with Gasteiger partial charge >= 0.3 is 0 Å². The highest BCUT2D eigenvalue weighted by atomic mass is 79.9. The number of hydrogen-bond donors (Lipinski definition) is 2. The first-order valence-electron chi connectivity index (χ1n) is 6.37. The van der Waals surface area contributed by atoms with Crippen LogP contribution in [0, 0.1) is 0 Å². The molecular weight excluding hydrogens is 322 g/mol. The molecule has 7 heteroatoms. The van der Waals surface area contributed by atoms with Gasteiger partial charge in [-0.25, -0.2) is 4.98 Å². The number of nitrogens with zero attached hydrogens (tertiary/aromatic N) is 3. The molecule has 0 aliphatic heterocycles. The molecule has 2 aromatic rings. The van der Waals surface area contributed by atoms with Gasteiger partial charge < -0.3 is 10.2 Å². The number of pyridine rings is 1. The summed E-state index contributed by atoms with van der Waals surface area (Å²) >= 11 is 3.25. The van der Waals surface area contributed by atoms with Crippen molar-refractivity contribution < 1.29 is 4.79 Å². The van der Waals surface area contributed by atoms with Crippen LogP contribution < -0.4 is 10.2 Å². The van der Waals surface area contributed by atoms with Crippen LogP contribution in [0.25, 0.3) is 0 Å². The predicted molar refractivity (Wildman–Crippen MR) is 82.0 cm³/mol. The summed E-state index contributed by atoms with van der Waals surface area (Å²) in [6, 6.07) is 3.73. The molecule has 0 spiro atoms. The third kappa shape index (κ3) is 3.16. The van der Waals surface area contributed by atoms with E-state index in [0.717, 1.165) is 18.9 Å². The average molecular weight is 338 g/mol. The van der Waals surface area contributed by atoms with Gasteiger partial charge in [-0.1, -0.05) is 0 Å². The quantitative estimate of drug-likeness (QED) is 0.879. The van der Waals surface area contributed by atoms with E-state index >= 15 is 0 Å². The molecule has 0 atom stereocenters. The highest BCUT2D eigenvalue weighted by Crippen LogP contribution is 2.17. The molecule has 106 valence electrons. The largest absolute Gasteiger partial charge is 0.357 e. The summed E-state index contributed by atoms with van der Waals surface area (Å²) in [4.78, 5) is 18.5. The minimum atomic E-state index is -0.258. The fourth-order valence-corrected chi connectivity index (χ4v) is 2.19. The molecule has 0 fully saturated rings. The first-order chi connectivity index (χ1) is 9.65. The first-order valence-corrected chi connectivity index (χ1v) is 7.16. The number of H-pyrrole nitrogens is 1. The van der Waals surface area contributed by atoms with Crippen molar-refractivity contribution in [3.05, 3.63) is 34.7 Å². The van der Waals surface area contributed by atoms with Gasteiger partial charge in [0.2, 0.25) is 0 Å². The van der Waals surface area contributed by atoms with Crippen LogP contribution in [0.5, 0.6) is 0 Å². The Labute approximate surface area is 125 Å². The first kappa shape index (κ1) is 14.5. The Bertz CT molecular complexity index is 577. The molecule has 20 heavy (non-hydrogen) atoms. The van der Waals surface area contributed by atoms with Gasteiger partial charge in [0.1, 0.15) is 11.5 Å². The molecule has 1 amide bonds. The predicted octanol–water partition coefficient (Wildman–Crippen LogP) is 2.67. The van der Waals surface area contributed by atoms with Gasteiger partial charge in [0.25, 0.3) is 5.91 Å². The number of nitrogens with one attached hydrogen (secondary N) is 2. The van der Waals surface area contributed by atoms with E-state index in [-0.39, 0.29) is 5.91 Å². The zero-order valence-electron chi connectivity index (χ0n) is 11.4. The van der Waals surface area contributed by atoms with Crippen molar-refractivity contribution in [3.63, 3.8) is 0 Å². The van der Waals surface area contributed by atoms with Crippen molar-refractivity contribution in [1.82, 2.24) is 15.2 Å². The van der Waals surface area contributed by atoms with Gasteiger partial charge in [0.05, 0.1) is 22.6 Å². The lowest BCUT2D eigenvalue weighted by molar-refractivity contribution is 0.102. The second-order valence-electron chi connectivity index (χ2n) is 4.12. The van der Waals surface area contributed by atoms with Gasteiger partial charge in [-0.05, 0) is 41.9 Å². The van der Waals surface area contributed by atoms with Gasteiger partial charge in [-0.3, -0.25) is 9.89 Å². The van der Waals surface area contributed by atoms with Crippen molar-refractivity contribution in [2.24, 2.45) is 0 Å². The Hall–Kier alpha value is -1.89. The average Bonchev–Trinajstić information content (AvgIpc) is 2.88. The molecule has 2 heterocycles. The van der Waals surface area contributed by atoms with E-state index in [4.69, 9.17) is 0 Å². The molecule has 0 unspecified atom stereocenters. The molecule has 0 saturated heterocycles. The molecule has 2 N–H and O–H groups in total. The topological polar surface area (TPSA) is 73.9 Å². The van der Waals surface area contributed by atoms with Crippen LogP contribution in [0.2, 0.25) is 0 Å². The van der Waals surface area contributed by atoms with Crippen LogP contribution in [0.1, 0.15) is 24.3 Å². The Balaban J connectivity index is 2.08. The SMILES string of the molecule is CCN(CC)c1ccc(NC(=O)c2[nH]ncc2Br)cn1. The number of hydrogen-bond acceptors (Lipinski definition) is 4. The Morgan fingerprint density at radius 3 is 2.60 bits per heavy atom. The number of amides is 1. The van der Waals surface area contributed by atoms with Gasteiger partial charge in [0, 0.05) is 13.1 Å². The summed E-state index contributed by atoms with van der Waals surface area (Å²) in [7, 11) is 0. The lowest BCUT2D eigenvalue weighted by atomic mass is 10.3. The van der Waals surface area contributed by atoms with Crippen LogP contribution in [0.3, 0.4) is 0 Å². The van der Waals surface area contributed by atoms with Crippen molar-refractivity contribution in [2.45, 2.75) is 13.8 Å². The zero-order valence-corrected chi connectivity index (χ0v) is 12.9. The minimum absolute atomic E-state index is 0.258. The lowest BCUT2D eigenvalue weighted by Crippen LogP contribution is -2.23. The van der Waals surface area contributed by atoms with E-state index in [1.165, 1.54) is 6.20 Å². The molecule has 6 nitrogen and oxygen atoms in total. The number of aromatic nitrogens is 3. The number of carbonyl (C=O) groups is 1. The molecule has 0 saturated carbocycles. The summed E-state index contributed by atoms with van der Waals surface area (Å²) in [5, 5.41) is 9.19. The van der Waals surface area contributed by atoms with E-state index in [0.29, 0.717) is 15.9 Å². The van der Waals surface area contributed by atoms with Crippen LogP contribution in [0.15, 0.2) is 29.0 Å². The van der Waals surface area contributed by atoms with Gasteiger partial charge in [-0.2, -0.15) is 5.10 Å². The highest BCUT2D eigenvalue weighted by Gasteiger charge is 2.12. The Morgan fingerprint density at radius 2 is 2.10 bits per heavy atom. The summed E-state index contributed by atoms with van der Waals surface area (Å²) in [5.74, 6) is 0.641. The van der Waals surface area contributed by atoms with Crippen molar-refractivity contribution >= 4 is 33.3 Å². The van der Waals surface area contributed by atoms with Crippen LogP contribution in [-0.4, -0.2) is 34.2 Å². The molecule has 0 aromatic carbocycles. The highest BCUT2D eigenvalue weighted by molar-refractivity contribution is 9.10. The normalized spacial score (nSPS) is 10.3. The maximum Gasteiger partial charge on any atom is 0.274 e. The van der Waals surface area contributed by atoms with Gasteiger partial charge in [0.15, 0.2) is 0 Å².